The van der Waals surface area contributed by atoms with Gasteiger partial charge in [-0.05, 0) is 33.1 Å². The summed E-state index contributed by atoms with van der Waals surface area (Å²) in [4.78, 5) is 35.8. The fourth-order valence-electron chi connectivity index (χ4n) is 4.06. The zero-order valence-electron chi connectivity index (χ0n) is 20.8. The van der Waals surface area contributed by atoms with E-state index >= 15 is 0 Å². The minimum Gasteiger partial charge on any atom is -0.507 e. The van der Waals surface area contributed by atoms with Gasteiger partial charge in [0.1, 0.15) is 23.4 Å². The molecule has 0 aliphatic heterocycles. The number of aromatic nitrogens is 2. The Hall–Kier alpha value is -3.80. The van der Waals surface area contributed by atoms with E-state index in [0.29, 0.717) is 31.6 Å². The molecule has 4 N–H and O–H groups in total. The Morgan fingerprint density at radius 2 is 2.03 bits per heavy atom. The highest BCUT2D eigenvalue weighted by Crippen LogP contribution is 2.36. The van der Waals surface area contributed by atoms with Crippen LogP contribution in [0.3, 0.4) is 0 Å². The number of phenolic OH excluding ortho intramolecular Hbond substituents is 1. The maximum atomic E-state index is 12.3. The molecule has 1 aliphatic carbocycles. The molecule has 2 atom stereocenters. The molecule has 36 heavy (non-hydrogen) atoms. The molecule has 196 valence electrons. The summed E-state index contributed by atoms with van der Waals surface area (Å²) in [5, 5.41) is 22.4. The Bertz CT molecular complexity index is 1080. The fraction of sp³-hybridized carbons (Fsp3) is 0.500. The average Bonchev–Trinajstić information content (AvgIpc) is 3.46. The number of anilines is 1. The predicted molar refractivity (Wildman–Crippen MR) is 129 cm³/mol. The van der Waals surface area contributed by atoms with Crippen LogP contribution in [0.1, 0.15) is 55.1 Å². The van der Waals surface area contributed by atoms with E-state index in [1.807, 2.05) is 13.8 Å². The largest absolute Gasteiger partial charge is 0.507 e. The van der Waals surface area contributed by atoms with Crippen LogP contribution >= 0.6 is 0 Å². The zero-order chi connectivity index (χ0) is 26.3. The predicted octanol–water partition coefficient (Wildman–Crippen LogP) is 2.74. The summed E-state index contributed by atoms with van der Waals surface area (Å²) in [6, 6.07) is 4.40. The quantitative estimate of drug-likeness (QED) is 0.337. The highest BCUT2D eigenvalue weighted by atomic mass is 16.6. The van der Waals surface area contributed by atoms with E-state index in [2.05, 4.69) is 20.8 Å². The van der Waals surface area contributed by atoms with Crippen molar-refractivity contribution < 1.29 is 38.4 Å². The van der Waals surface area contributed by atoms with Crippen LogP contribution < -0.4 is 20.1 Å². The number of nitrogens with zero attached hydrogens (tertiary/aromatic N) is 1. The number of hydrogen-bond acceptors (Lipinski definition) is 9. The summed E-state index contributed by atoms with van der Waals surface area (Å²) in [6.07, 6.45) is 1.86. The molecular formula is C24H32N4O8. The van der Waals surface area contributed by atoms with Gasteiger partial charge < -0.3 is 34.7 Å². The minimum atomic E-state index is -0.536. The molecule has 1 heterocycles. The number of aldehydes is 1. The van der Waals surface area contributed by atoms with Gasteiger partial charge in [-0.3, -0.25) is 14.7 Å². The number of aromatic amines is 1. The van der Waals surface area contributed by atoms with Gasteiger partial charge in [0.15, 0.2) is 18.7 Å². The lowest BCUT2D eigenvalue weighted by molar-refractivity contribution is -0.118. The minimum absolute atomic E-state index is 0.0198. The molecule has 0 saturated heterocycles. The van der Waals surface area contributed by atoms with E-state index in [-0.39, 0.29) is 34.8 Å². The second-order valence-electron chi connectivity index (χ2n) is 9.20. The molecule has 1 aliphatic rings. The molecule has 0 spiro atoms. The van der Waals surface area contributed by atoms with Crippen LogP contribution in [0.25, 0.3) is 0 Å². The lowest BCUT2D eigenvalue weighted by Gasteiger charge is -2.25. The zero-order valence-corrected chi connectivity index (χ0v) is 20.8. The van der Waals surface area contributed by atoms with E-state index in [4.69, 9.17) is 18.9 Å². The van der Waals surface area contributed by atoms with Crippen LogP contribution in [0.2, 0.25) is 0 Å². The summed E-state index contributed by atoms with van der Waals surface area (Å²) >= 11 is 0. The molecule has 1 aromatic heterocycles. The van der Waals surface area contributed by atoms with E-state index in [1.54, 1.807) is 13.2 Å². The lowest BCUT2D eigenvalue weighted by Crippen LogP contribution is -2.47. The number of amides is 2. The van der Waals surface area contributed by atoms with Crippen LogP contribution in [0.4, 0.5) is 10.6 Å². The molecule has 1 aromatic carbocycles. The number of H-pyrrole nitrogens is 1. The highest BCUT2D eigenvalue weighted by molar-refractivity contribution is 5.91. The third kappa shape index (κ3) is 7.11. The summed E-state index contributed by atoms with van der Waals surface area (Å²) in [5.74, 6) is -0.112. The Kier molecular flexibility index (Phi) is 8.75. The van der Waals surface area contributed by atoms with Crippen molar-refractivity contribution in [2.75, 3.05) is 32.8 Å². The highest BCUT2D eigenvalue weighted by Gasteiger charge is 2.31. The number of ether oxygens (including phenoxy) is 4. The van der Waals surface area contributed by atoms with Crippen molar-refractivity contribution in [3.63, 3.8) is 0 Å². The first-order valence-corrected chi connectivity index (χ1v) is 11.5. The van der Waals surface area contributed by atoms with Gasteiger partial charge in [-0.15, -0.1) is 0 Å². The summed E-state index contributed by atoms with van der Waals surface area (Å²) in [7, 11) is 2.97. The van der Waals surface area contributed by atoms with Crippen molar-refractivity contribution in [3.05, 3.63) is 29.5 Å². The first kappa shape index (κ1) is 26.8. The number of carbonyl (C=O) groups excluding carboxylic acids is 3. The van der Waals surface area contributed by atoms with Crippen LogP contribution in [0, 0.1) is 0 Å². The standard InChI is InChI=1S/C24H32N4O8/c1-24(2,13-33-3)26-23(32)36-15-6-5-14(7-15)18-10-21(28-27-18)25-22(31)12-35-20-9-16(34-4)8-19(30)17(20)11-29/h8-11,14-15,30H,5-7,12-13H2,1-4H3,(H,26,32)(H2,25,27,28,31)/t14-,15+/m0/s1. The molecule has 2 amide bonds. The first-order valence-electron chi connectivity index (χ1n) is 11.5. The fourth-order valence-corrected chi connectivity index (χ4v) is 4.06. The van der Waals surface area contributed by atoms with E-state index in [1.165, 1.54) is 19.2 Å². The van der Waals surface area contributed by atoms with Crippen molar-refractivity contribution in [2.45, 2.75) is 50.7 Å². The molecule has 1 fully saturated rings. The molecule has 12 nitrogen and oxygen atoms in total. The number of rotatable bonds is 11. The van der Waals surface area contributed by atoms with Crippen LogP contribution in [0.5, 0.6) is 17.2 Å². The molecular weight excluding hydrogens is 472 g/mol. The molecule has 12 heteroatoms. The van der Waals surface area contributed by atoms with Gasteiger partial charge >= 0.3 is 6.09 Å². The maximum Gasteiger partial charge on any atom is 0.407 e. The Morgan fingerprint density at radius 1 is 1.25 bits per heavy atom. The number of hydrogen-bond donors (Lipinski definition) is 4. The number of phenols is 1. The monoisotopic (exact) mass is 504 g/mol. The second kappa shape index (κ2) is 11.8. The van der Waals surface area contributed by atoms with E-state index in [9.17, 15) is 19.5 Å². The SMILES string of the molecule is COCC(C)(C)NC(=O)O[C@@H]1CC[C@H](c2cc(NC(=O)COc3cc(OC)cc(O)c3C=O)n[nH]2)C1. The van der Waals surface area contributed by atoms with Gasteiger partial charge in [0.25, 0.3) is 5.91 Å². The summed E-state index contributed by atoms with van der Waals surface area (Å²) in [5.41, 5.74) is 0.198. The topological polar surface area (TPSA) is 161 Å². The van der Waals surface area contributed by atoms with Crippen molar-refractivity contribution in [2.24, 2.45) is 0 Å². The Morgan fingerprint density at radius 3 is 2.72 bits per heavy atom. The van der Waals surface area contributed by atoms with Gasteiger partial charge in [-0.1, -0.05) is 0 Å². The van der Waals surface area contributed by atoms with Gasteiger partial charge in [0.05, 0.1) is 24.8 Å². The van der Waals surface area contributed by atoms with Gasteiger partial charge in [-0.25, -0.2) is 4.79 Å². The second-order valence-corrected chi connectivity index (χ2v) is 9.20. The molecule has 2 aromatic rings. The number of alkyl carbamates (subject to hydrolysis) is 1. The number of carbonyl (C=O) groups is 3. The van der Waals surface area contributed by atoms with Crippen LogP contribution in [-0.2, 0) is 14.3 Å². The number of methoxy groups -OCH3 is 2. The lowest BCUT2D eigenvalue weighted by atomic mass is 10.0. The Labute approximate surface area is 208 Å². The first-order chi connectivity index (χ1) is 17.1. The van der Waals surface area contributed by atoms with Crippen molar-refractivity contribution in [1.82, 2.24) is 15.5 Å². The van der Waals surface area contributed by atoms with Crippen molar-refractivity contribution >= 4 is 24.1 Å². The Balaban J connectivity index is 1.50. The smallest absolute Gasteiger partial charge is 0.407 e. The van der Waals surface area contributed by atoms with Crippen LogP contribution in [0.15, 0.2) is 18.2 Å². The van der Waals surface area contributed by atoms with E-state index < -0.39 is 24.1 Å². The van der Waals surface area contributed by atoms with Crippen LogP contribution in [-0.4, -0.2) is 72.7 Å². The molecule has 0 unspecified atom stereocenters. The van der Waals surface area contributed by atoms with Gasteiger partial charge in [-0.2, -0.15) is 5.10 Å². The summed E-state index contributed by atoms with van der Waals surface area (Å²) < 4.78 is 21.1. The number of nitrogens with one attached hydrogen (secondary N) is 3. The van der Waals surface area contributed by atoms with Gasteiger partial charge in [0.2, 0.25) is 0 Å². The molecule has 0 bridgehead atoms. The van der Waals surface area contributed by atoms with Crippen molar-refractivity contribution in [1.29, 1.82) is 0 Å². The number of aromatic hydroxyl groups is 1. The number of benzene rings is 1. The van der Waals surface area contributed by atoms with Gasteiger partial charge in [0, 0.05) is 36.9 Å². The maximum absolute atomic E-state index is 12.3. The third-order valence-corrected chi connectivity index (χ3v) is 5.71. The summed E-state index contributed by atoms with van der Waals surface area (Å²) in [6.45, 7) is 3.65. The van der Waals surface area contributed by atoms with Crippen molar-refractivity contribution in [3.8, 4) is 17.2 Å². The molecule has 0 radical (unpaired) electrons. The average molecular weight is 505 g/mol. The third-order valence-electron chi connectivity index (χ3n) is 5.71. The molecule has 3 rings (SSSR count). The molecule has 1 saturated carbocycles. The normalized spacial score (nSPS) is 17.3. The van der Waals surface area contributed by atoms with E-state index in [0.717, 1.165) is 12.1 Å².